The number of hydrogen-bond acceptors (Lipinski definition) is 2. The molecule has 0 saturated carbocycles. The van der Waals surface area contributed by atoms with Crippen molar-refractivity contribution in [1.82, 2.24) is 0 Å². The third kappa shape index (κ3) is 3.06. The van der Waals surface area contributed by atoms with Crippen LogP contribution >= 0.6 is 0 Å². The third-order valence-corrected chi connectivity index (χ3v) is 1.04. The van der Waals surface area contributed by atoms with Gasteiger partial charge in [-0.1, -0.05) is 12.2 Å². The first-order valence-electron chi connectivity index (χ1n) is 2.82. The molecular formula is C7H12O2. The van der Waals surface area contributed by atoms with Crippen LogP contribution in [-0.2, 0) is 0 Å². The molecule has 0 aromatic carbocycles. The molecule has 0 spiro atoms. The van der Waals surface area contributed by atoms with E-state index >= 15 is 0 Å². The number of hydrogen-bond donors (Lipinski definition) is 2. The van der Waals surface area contributed by atoms with Gasteiger partial charge in [-0.05, 0) is 6.42 Å². The highest BCUT2D eigenvalue weighted by Crippen LogP contribution is 1.99. The second-order valence-corrected chi connectivity index (χ2v) is 1.82. The molecule has 0 fully saturated rings. The molecule has 0 bridgehead atoms. The van der Waals surface area contributed by atoms with Crippen LogP contribution in [0.2, 0.25) is 0 Å². The number of aliphatic hydroxyl groups excluding tert-OH is 2. The molecule has 2 nitrogen and oxygen atoms in total. The van der Waals surface area contributed by atoms with Crippen LogP contribution in [-0.4, -0.2) is 22.4 Å². The first-order valence-corrected chi connectivity index (χ1v) is 2.82. The van der Waals surface area contributed by atoms with Crippen LogP contribution < -0.4 is 0 Å². The minimum absolute atomic E-state index is 0.396. The van der Waals surface area contributed by atoms with Crippen molar-refractivity contribution in [3.05, 3.63) is 25.3 Å². The van der Waals surface area contributed by atoms with Gasteiger partial charge in [-0.2, -0.15) is 0 Å². The van der Waals surface area contributed by atoms with E-state index in [1.165, 1.54) is 6.08 Å². The van der Waals surface area contributed by atoms with Crippen molar-refractivity contribution in [3.8, 4) is 0 Å². The molecule has 9 heavy (non-hydrogen) atoms. The molecule has 0 saturated heterocycles. The summed E-state index contributed by atoms with van der Waals surface area (Å²) in [6.45, 7) is 6.73. The Morgan fingerprint density at radius 3 is 2.22 bits per heavy atom. The van der Waals surface area contributed by atoms with Crippen molar-refractivity contribution in [2.45, 2.75) is 18.6 Å². The van der Waals surface area contributed by atoms with E-state index in [1.807, 2.05) is 0 Å². The van der Waals surface area contributed by atoms with Gasteiger partial charge in [0.1, 0.15) is 0 Å². The van der Waals surface area contributed by atoms with Crippen LogP contribution in [0, 0.1) is 0 Å². The van der Waals surface area contributed by atoms with Gasteiger partial charge in [-0.25, -0.2) is 0 Å². The molecule has 0 aromatic rings. The SMILES string of the molecule is C=CCC(O)C(O)C=C. The second-order valence-electron chi connectivity index (χ2n) is 1.82. The zero-order chi connectivity index (χ0) is 7.28. The van der Waals surface area contributed by atoms with Crippen molar-refractivity contribution < 1.29 is 10.2 Å². The van der Waals surface area contributed by atoms with Gasteiger partial charge in [0, 0.05) is 0 Å². The van der Waals surface area contributed by atoms with Gasteiger partial charge in [0.2, 0.25) is 0 Å². The summed E-state index contributed by atoms with van der Waals surface area (Å²) in [6, 6.07) is 0. The fourth-order valence-electron chi connectivity index (χ4n) is 0.467. The van der Waals surface area contributed by atoms with E-state index in [4.69, 9.17) is 10.2 Å². The standard InChI is InChI=1S/C7H12O2/c1-3-5-7(9)6(8)4-2/h3-4,6-9H,1-2,5H2. The molecule has 0 radical (unpaired) electrons. The Kier molecular flexibility index (Phi) is 4.01. The maximum Gasteiger partial charge on any atom is 0.0980 e. The molecular weight excluding hydrogens is 116 g/mol. The van der Waals surface area contributed by atoms with E-state index < -0.39 is 12.2 Å². The Labute approximate surface area is 55.1 Å². The molecule has 0 aliphatic rings. The van der Waals surface area contributed by atoms with Crippen LogP contribution in [0.5, 0.6) is 0 Å². The van der Waals surface area contributed by atoms with Gasteiger partial charge in [-0.15, -0.1) is 13.2 Å². The van der Waals surface area contributed by atoms with Crippen LogP contribution in [0.4, 0.5) is 0 Å². The summed E-state index contributed by atoms with van der Waals surface area (Å²) in [6.07, 6.45) is 1.67. The van der Waals surface area contributed by atoms with E-state index in [0.29, 0.717) is 6.42 Å². The normalized spacial score (nSPS) is 16.2. The van der Waals surface area contributed by atoms with Crippen molar-refractivity contribution in [2.24, 2.45) is 0 Å². The fourth-order valence-corrected chi connectivity index (χ4v) is 0.467. The highest BCUT2D eigenvalue weighted by Gasteiger charge is 2.08. The molecule has 0 amide bonds. The molecule has 2 N–H and O–H groups in total. The lowest BCUT2D eigenvalue weighted by molar-refractivity contribution is 0.0514. The first-order chi connectivity index (χ1) is 4.22. The highest BCUT2D eigenvalue weighted by molar-refractivity contribution is 4.87. The first kappa shape index (κ1) is 8.40. The summed E-state index contributed by atoms with van der Waals surface area (Å²) in [7, 11) is 0. The Hall–Kier alpha value is -0.600. The Balaban J connectivity index is 3.56. The smallest absolute Gasteiger partial charge is 0.0980 e. The van der Waals surface area contributed by atoms with Crippen LogP contribution in [0.15, 0.2) is 25.3 Å². The summed E-state index contributed by atoms with van der Waals surface area (Å²) in [5.41, 5.74) is 0. The maximum absolute atomic E-state index is 8.93. The van der Waals surface area contributed by atoms with E-state index in [-0.39, 0.29) is 0 Å². The average Bonchev–Trinajstić information content (AvgIpc) is 1.87. The molecule has 0 aliphatic carbocycles. The van der Waals surface area contributed by atoms with Gasteiger partial charge in [0.05, 0.1) is 12.2 Å². The molecule has 0 heterocycles. The topological polar surface area (TPSA) is 40.5 Å². The molecule has 2 unspecified atom stereocenters. The lowest BCUT2D eigenvalue weighted by Crippen LogP contribution is -2.22. The summed E-state index contributed by atoms with van der Waals surface area (Å²) >= 11 is 0. The number of rotatable bonds is 4. The summed E-state index contributed by atoms with van der Waals surface area (Å²) in [5.74, 6) is 0. The van der Waals surface area contributed by atoms with Crippen molar-refractivity contribution >= 4 is 0 Å². The lowest BCUT2D eigenvalue weighted by atomic mass is 10.1. The van der Waals surface area contributed by atoms with Gasteiger partial charge >= 0.3 is 0 Å². The zero-order valence-corrected chi connectivity index (χ0v) is 5.33. The predicted molar refractivity (Wildman–Crippen MR) is 37.0 cm³/mol. The highest BCUT2D eigenvalue weighted by atomic mass is 16.3. The van der Waals surface area contributed by atoms with E-state index in [9.17, 15) is 0 Å². The van der Waals surface area contributed by atoms with Crippen LogP contribution in [0.25, 0.3) is 0 Å². The average molecular weight is 128 g/mol. The monoisotopic (exact) mass is 128 g/mol. The van der Waals surface area contributed by atoms with Crippen molar-refractivity contribution in [2.75, 3.05) is 0 Å². The largest absolute Gasteiger partial charge is 0.390 e. The molecule has 0 rings (SSSR count). The van der Waals surface area contributed by atoms with Crippen LogP contribution in [0.1, 0.15) is 6.42 Å². The summed E-state index contributed by atoms with van der Waals surface area (Å²) in [5, 5.41) is 17.8. The van der Waals surface area contributed by atoms with Gasteiger partial charge in [-0.3, -0.25) is 0 Å². The van der Waals surface area contributed by atoms with E-state index in [2.05, 4.69) is 13.2 Å². The van der Waals surface area contributed by atoms with Gasteiger partial charge in [0.15, 0.2) is 0 Å². The number of aliphatic hydroxyl groups is 2. The van der Waals surface area contributed by atoms with Gasteiger partial charge < -0.3 is 10.2 Å². The predicted octanol–water partition coefficient (Wildman–Crippen LogP) is 0.470. The van der Waals surface area contributed by atoms with Gasteiger partial charge in [0.25, 0.3) is 0 Å². The lowest BCUT2D eigenvalue weighted by Gasteiger charge is -2.10. The Morgan fingerprint density at radius 1 is 1.33 bits per heavy atom. The van der Waals surface area contributed by atoms with Crippen molar-refractivity contribution in [1.29, 1.82) is 0 Å². The fraction of sp³-hybridized carbons (Fsp3) is 0.429. The zero-order valence-electron chi connectivity index (χ0n) is 5.33. The minimum atomic E-state index is -0.831. The Morgan fingerprint density at radius 2 is 1.89 bits per heavy atom. The van der Waals surface area contributed by atoms with E-state index in [0.717, 1.165) is 0 Å². The maximum atomic E-state index is 8.93. The van der Waals surface area contributed by atoms with Crippen molar-refractivity contribution in [3.63, 3.8) is 0 Å². The summed E-state index contributed by atoms with van der Waals surface area (Å²) < 4.78 is 0. The molecule has 2 heteroatoms. The molecule has 52 valence electrons. The van der Waals surface area contributed by atoms with E-state index in [1.54, 1.807) is 6.08 Å². The second kappa shape index (κ2) is 4.30. The molecule has 0 aromatic heterocycles. The third-order valence-electron chi connectivity index (χ3n) is 1.04. The Bertz CT molecular complexity index is 99.1. The van der Waals surface area contributed by atoms with Crippen LogP contribution in [0.3, 0.4) is 0 Å². The molecule has 0 aliphatic heterocycles. The summed E-state index contributed by atoms with van der Waals surface area (Å²) in [4.78, 5) is 0. The minimum Gasteiger partial charge on any atom is -0.390 e. The quantitative estimate of drug-likeness (QED) is 0.540. The molecule has 2 atom stereocenters.